The Balaban J connectivity index is 1.83. The van der Waals surface area contributed by atoms with Gasteiger partial charge in [0.1, 0.15) is 0 Å². The van der Waals surface area contributed by atoms with E-state index in [1.54, 1.807) is 24.3 Å². The number of phenolic OH excluding ortho intramolecular Hbond substituents is 1. The van der Waals surface area contributed by atoms with Gasteiger partial charge in [-0.3, -0.25) is 4.79 Å². The van der Waals surface area contributed by atoms with E-state index in [1.807, 2.05) is 24.3 Å². The fraction of sp³-hybridized carbons (Fsp3) is 0.158. The van der Waals surface area contributed by atoms with Gasteiger partial charge in [0.2, 0.25) is 0 Å². The van der Waals surface area contributed by atoms with Crippen molar-refractivity contribution in [3.05, 3.63) is 58.5 Å². The van der Waals surface area contributed by atoms with Crippen LogP contribution >= 0.6 is 11.8 Å². The molecular formula is C19H18N2O3S. The lowest BCUT2D eigenvalue weighted by molar-refractivity contribution is -0.115. The van der Waals surface area contributed by atoms with Gasteiger partial charge in [-0.2, -0.15) is 0 Å². The molecule has 1 aliphatic heterocycles. The van der Waals surface area contributed by atoms with Gasteiger partial charge in [0, 0.05) is 5.56 Å². The molecule has 0 atom stereocenters. The predicted molar refractivity (Wildman–Crippen MR) is 101 cm³/mol. The van der Waals surface area contributed by atoms with E-state index in [0.717, 1.165) is 12.1 Å². The fourth-order valence-electron chi connectivity index (χ4n) is 2.37. The van der Waals surface area contributed by atoms with Crippen molar-refractivity contribution in [2.75, 3.05) is 7.11 Å². The third kappa shape index (κ3) is 3.85. The molecule has 2 aromatic rings. The van der Waals surface area contributed by atoms with Crippen LogP contribution in [0, 0.1) is 0 Å². The Labute approximate surface area is 150 Å². The molecule has 6 heteroatoms. The number of phenols is 1. The number of amides is 1. The Morgan fingerprint density at radius 3 is 2.68 bits per heavy atom. The molecule has 1 fully saturated rings. The van der Waals surface area contributed by atoms with Crippen LogP contribution in [0.25, 0.3) is 6.08 Å². The number of ether oxygens (including phenoxy) is 1. The van der Waals surface area contributed by atoms with Crippen molar-refractivity contribution in [1.82, 2.24) is 5.32 Å². The number of hydrogen-bond donors (Lipinski definition) is 2. The van der Waals surface area contributed by atoms with Crippen LogP contribution in [-0.2, 0) is 11.2 Å². The van der Waals surface area contributed by atoms with E-state index in [0.29, 0.717) is 21.4 Å². The number of rotatable bonds is 4. The van der Waals surface area contributed by atoms with Crippen molar-refractivity contribution >= 4 is 34.6 Å². The molecule has 128 valence electrons. The number of aliphatic imine (C=N–C) groups is 1. The summed E-state index contributed by atoms with van der Waals surface area (Å²) in [6.07, 6.45) is 2.60. The van der Waals surface area contributed by atoms with E-state index in [2.05, 4.69) is 17.2 Å². The van der Waals surface area contributed by atoms with Gasteiger partial charge in [0.15, 0.2) is 16.7 Å². The Kier molecular flexibility index (Phi) is 5.09. The van der Waals surface area contributed by atoms with E-state index >= 15 is 0 Å². The van der Waals surface area contributed by atoms with Crippen LogP contribution in [0.3, 0.4) is 0 Å². The average molecular weight is 354 g/mol. The number of amidine groups is 1. The molecule has 0 bridgehead atoms. The molecule has 1 saturated heterocycles. The largest absolute Gasteiger partial charge is 0.504 e. The highest BCUT2D eigenvalue weighted by Crippen LogP contribution is 2.34. The average Bonchev–Trinajstić information content (AvgIpc) is 2.96. The number of aromatic hydroxyl groups is 1. The predicted octanol–water partition coefficient (Wildman–Crippen LogP) is 3.85. The van der Waals surface area contributed by atoms with Crippen molar-refractivity contribution in [3.8, 4) is 11.5 Å². The highest BCUT2D eigenvalue weighted by atomic mass is 32.2. The van der Waals surface area contributed by atoms with Crippen LogP contribution < -0.4 is 10.1 Å². The normalized spacial score (nSPS) is 17.1. The smallest absolute Gasteiger partial charge is 0.264 e. The Hall–Kier alpha value is -2.73. The lowest BCUT2D eigenvalue weighted by atomic mass is 10.1. The minimum atomic E-state index is -0.240. The van der Waals surface area contributed by atoms with Crippen molar-refractivity contribution in [2.45, 2.75) is 13.3 Å². The summed E-state index contributed by atoms with van der Waals surface area (Å²) < 4.78 is 5.09. The zero-order chi connectivity index (χ0) is 17.8. The van der Waals surface area contributed by atoms with Gasteiger partial charge in [-0.25, -0.2) is 4.99 Å². The summed E-state index contributed by atoms with van der Waals surface area (Å²) in [6, 6.07) is 13.0. The SMILES string of the molecule is CCc1ccc(N=C2NC(=O)/C(=C\c3cccc(OC)c3O)S2)cc1. The van der Waals surface area contributed by atoms with Crippen LogP contribution in [0.1, 0.15) is 18.1 Å². The van der Waals surface area contributed by atoms with E-state index in [9.17, 15) is 9.90 Å². The van der Waals surface area contributed by atoms with Gasteiger partial charge in [-0.1, -0.05) is 31.2 Å². The molecule has 1 heterocycles. The number of nitrogens with zero attached hydrogens (tertiary/aromatic N) is 1. The van der Waals surface area contributed by atoms with Crippen LogP contribution in [0.2, 0.25) is 0 Å². The second-order valence-corrected chi connectivity index (χ2v) is 6.43. The Morgan fingerprint density at radius 2 is 2.00 bits per heavy atom. The minimum absolute atomic E-state index is 0.00597. The van der Waals surface area contributed by atoms with E-state index in [4.69, 9.17) is 4.74 Å². The molecule has 0 saturated carbocycles. The topological polar surface area (TPSA) is 70.9 Å². The third-order valence-corrected chi connectivity index (χ3v) is 4.67. The van der Waals surface area contributed by atoms with E-state index < -0.39 is 0 Å². The van der Waals surface area contributed by atoms with Gasteiger partial charge in [-0.05, 0) is 48.0 Å². The molecule has 0 radical (unpaired) electrons. The number of para-hydroxylation sites is 1. The zero-order valence-corrected chi connectivity index (χ0v) is 14.8. The maximum absolute atomic E-state index is 12.2. The molecule has 0 aliphatic carbocycles. The number of methoxy groups -OCH3 is 1. The lowest BCUT2D eigenvalue weighted by Gasteiger charge is -2.05. The summed E-state index contributed by atoms with van der Waals surface area (Å²) >= 11 is 1.24. The maximum atomic E-state index is 12.2. The van der Waals surface area contributed by atoms with Crippen LogP contribution in [0.5, 0.6) is 11.5 Å². The highest BCUT2D eigenvalue weighted by Gasteiger charge is 2.24. The first-order valence-corrected chi connectivity index (χ1v) is 8.67. The summed E-state index contributed by atoms with van der Waals surface area (Å²) in [6.45, 7) is 2.10. The second kappa shape index (κ2) is 7.44. The summed E-state index contributed by atoms with van der Waals surface area (Å²) in [4.78, 5) is 17.1. The van der Waals surface area contributed by atoms with Crippen molar-refractivity contribution in [3.63, 3.8) is 0 Å². The first-order valence-electron chi connectivity index (χ1n) is 7.85. The number of aryl methyl sites for hydroxylation is 1. The number of carbonyl (C=O) groups excluding carboxylic acids is 1. The van der Waals surface area contributed by atoms with Gasteiger partial charge in [0.05, 0.1) is 17.7 Å². The summed E-state index contributed by atoms with van der Waals surface area (Å²) in [5.41, 5.74) is 2.54. The van der Waals surface area contributed by atoms with Crippen LogP contribution in [-0.4, -0.2) is 23.3 Å². The Morgan fingerprint density at radius 1 is 1.24 bits per heavy atom. The van der Waals surface area contributed by atoms with Crippen LogP contribution in [0.15, 0.2) is 52.4 Å². The summed E-state index contributed by atoms with van der Waals surface area (Å²) in [7, 11) is 1.48. The highest BCUT2D eigenvalue weighted by molar-refractivity contribution is 8.18. The van der Waals surface area contributed by atoms with Crippen molar-refractivity contribution < 1.29 is 14.6 Å². The lowest BCUT2D eigenvalue weighted by Crippen LogP contribution is -2.19. The molecule has 0 spiro atoms. The maximum Gasteiger partial charge on any atom is 0.264 e. The zero-order valence-electron chi connectivity index (χ0n) is 13.9. The number of carbonyl (C=O) groups is 1. The molecule has 2 N–H and O–H groups in total. The summed E-state index contributed by atoms with van der Waals surface area (Å²) in [5, 5.41) is 13.4. The number of nitrogens with one attached hydrogen (secondary N) is 1. The molecule has 5 nitrogen and oxygen atoms in total. The minimum Gasteiger partial charge on any atom is -0.504 e. The Bertz CT molecular complexity index is 857. The van der Waals surface area contributed by atoms with Crippen LogP contribution in [0.4, 0.5) is 5.69 Å². The monoisotopic (exact) mass is 354 g/mol. The van der Waals surface area contributed by atoms with Gasteiger partial charge < -0.3 is 15.2 Å². The fourth-order valence-corrected chi connectivity index (χ4v) is 3.20. The van der Waals surface area contributed by atoms with Gasteiger partial charge >= 0.3 is 0 Å². The number of thioether (sulfide) groups is 1. The van der Waals surface area contributed by atoms with Gasteiger partial charge in [0.25, 0.3) is 5.91 Å². The van der Waals surface area contributed by atoms with Crippen molar-refractivity contribution in [1.29, 1.82) is 0 Å². The molecule has 0 aromatic heterocycles. The molecule has 1 aliphatic rings. The molecular weight excluding hydrogens is 336 g/mol. The molecule has 2 aromatic carbocycles. The quantitative estimate of drug-likeness (QED) is 0.818. The first kappa shape index (κ1) is 17.1. The second-order valence-electron chi connectivity index (χ2n) is 5.40. The first-order chi connectivity index (χ1) is 12.1. The molecule has 1 amide bonds. The van der Waals surface area contributed by atoms with Gasteiger partial charge in [-0.15, -0.1) is 0 Å². The van der Waals surface area contributed by atoms with E-state index in [-0.39, 0.29) is 11.7 Å². The molecule has 0 unspecified atom stereocenters. The number of benzene rings is 2. The van der Waals surface area contributed by atoms with E-state index in [1.165, 1.54) is 24.4 Å². The molecule has 25 heavy (non-hydrogen) atoms. The molecule has 3 rings (SSSR count). The standard InChI is InChI=1S/C19H18N2O3S/c1-3-12-7-9-14(10-8-12)20-19-21-18(23)16(25-19)11-13-5-4-6-15(24-2)17(13)22/h4-11,22H,3H2,1-2H3,(H,20,21,23)/b16-11+. The number of hydrogen-bond acceptors (Lipinski definition) is 5. The summed E-state index contributed by atoms with van der Waals surface area (Å²) in [5.74, 6) is 0.130. The third-order valence-electron chi connectivity index (χ3n) is 3.76. The van der Waals surface area contributed by atoms with Crippen molar-refractivity contribution in [2.24, 2.45) is 4.99 Å².